The Bertz CT molecular complexity index is 568. The summed E-state index contributed by atoms with van der Waals surface area (Å²) in [5.41, 5.74) is 0.473. The van der Waals surface area contributed by atoms with E-state index in [2.05, 4.69) is 0 Å². The first-order valence-electron chi connectivity index (χ1n) is 6.27. The summed E-state index contributed by atoms with van der Waals surface area (Å²) in [6.45, 7) is 0.465. The maximum Gasteiger partial charge on any atom is 0.326 e. The van der Waals surface area contributed by atoms with Gasteiger partial charge in [-0.1, -0.05) is 12.1 Å². The van der Waals surface area contributed by atoms with Crippen LogP contribution in [-0.2, 0) is 4.79 Å². The van der Waals surface area contributed by atoms with E-state index in [1.165, 1.54) is 16.7 Å². The molecular weight excluding hydrogens is 276 g/mol. The number of hydrogen-bond donors (Lipinski definition) is 1. The summed E-state index contributed by atoms with van der Waals surface area (Å²) in [5, 5.41) is 17.8. The summed E-state index contributed by atoms with van der Waals surface area (Å²) in [6.07, 6.45) is 1.20. The van der Waals surface area contributed by atoms with Gasteiger partial charge in [0, 0.05) is 11.4 Å². The molecule has 1 N–H and O–H groups in total. The number of nitriles is 1. The Balaban J connectivity index is 2.25. The van der Waals surface area contributed by atoms with Gasteiger partial charge in [0.2, 0.25) is 0 Å². The average molecular weight is 290 g/mol. The predicted octanol–water partition coefficient (Wildman–Crippen LogP) is 1.99. The number of aliphatic carboxylic acids is 1. The standard InChI is InChI=1S/C14H14N2O3S/c15-7-9-20-12-6-2-1-4-10(12)13(17)16-8-3-5-11(16)14(18)19/h1-2,4,6,11H,3,5,8-9H2,(H,18,19). The van der Waals surface area contributed by atoms with E-state index in [4.69, 9.17) is 10.4 Å². The SMILES string of the molecule is N#CCSc1ccccc1C(=O)N1CCCC1C(=O)O. The van der Waals surface area contributed by atoms with Crippen LogP contribution in [0.5, 0.6) is 0 Å². The van der Waals surface area contributed by atoms with Gasteiger partial charge in [-0.3, -0.25) is 4.79 Å². The van der Waals surface area contributed by atoms with Crippen molar-refractivity contribution in [2.75, 3.05) is 12.3 Å². The van der Waals surface area contributed by atoms with Gasteiger partial charge in [-0.15, -0.1) is 11.8 Å². The van der Waals surface area contributed by atoms with Crippen LogP contribution < -0.4 is 0 Å². The van der Waals surface area contributed by atoms with Crippen LogP contribution in [0.25, 0.3) is 0 Å². The Morgan fingerprint density at radius 2 is 2.20 bits per heavy atom. The van der Waals surface area contributed by atoms with E-state index < -0.39 is 12.0 Å². The van der Waals surface area contributed by atoms with Gasteiger partial charge in [0.25, 0.3) is 5.91 Å². The Hall–Kier alpha value is -2.00. The van der Waals surface area contributed by atoms with Crippen LogP contribution in [0.1, 0.15) is 23.2 Å². The second kappa shape index (κ2) is 6.44. The maximum atomic E-state index is 12.5. The number of carbonyl (C=O) groups excluding carboxylic acids is 1. The molecule has 1 aromatic carbocycles. The molecule has 0 spiro atoms. The monoisotopic (exact) mass is 290 g/mol. The number of carboxylic acids is 1. The molecule has 0 aliphatic carbocycles. The quantitative estimate of drug-likeness (QED) is 0.858. The van der Waals surface area contributed by atoms with Crippen LogP contribution in [0, 0.1) is 11.3 Å². The first kappa shape index (κ1) is 14.4. The highest BCUT2D eigenvalue weighted by molar-refractivity contribution is 7.99. The number of carbonyl (C=O) groups is 2. The van der Waals surface area contributed by atoms with Crippen molar-refractivity contribution in [3.05, 3.63) is 29.8 Å². The summed E-state index contributed by atoms with van der Waals surface area (Å²) in [4.78, 5) is 25.8. The van der Waals surface area contributed by atoms with Crippen molar-refractivity contribution in [3.63, 3.8) is 0 Å². The molecule has 20 heavy (non-hydrogen) atoms. The molecular formula is C14H14N2O3S. The lowest BCUT2D eigenvalue weighted by molar-refractivity contribution is -0.141. The molecule has 1 unspecified atom stereocenters. The fourth-order valence-corrected chi connectivity index (χ4v) is 3.01. The van der Waals surface area contributed by atoms with Gasteiger partial charge in [0.1, 0.15) is 6.04 Å². The molecule has 1 saturated heterocycles. The fraction of sp³-hybridized carbons (Fsp3) is 0.357. The molecule has 1 fully saturated rings. The predicted molar refractivity (Wildman–Crippen MR) is 74.5 cm³/mol. The molecule has 0 aromatic heterocycles. The highest BCUT2D eigenvalue weighted by Crippen LogP contribution is 2.26. The number of amides is 1. The Kier molecular flexibility index (Phi) is 4.64. The molecule has 0 radical (unpaired) electrons. The molecule has 1 aliphatic rings. The fourth-order valence-electron chi connectivity index (χ4n) is 2.30. The number of thioether (sulfide) groups is 1. The van der Waals surface area contributed by atoms with E-state index in [0.717, 1.165) is 4.90 Å². The van der Waals surface area contributed by atoms with Gasteiger partial charge in [0.15, 0.2) is 0 Å². The molecule has 0 bridgehead atoms. The third-order valence-corrected chi connectivity index (χ3v) is 4.15. The molecule has 1 amide bonds. The lowest BCUT2D eigenvalue weighted by atomic mass is 10.1. The zero-order valence-corrected chi connectivity index (χ0v) is 11.6. The first-order chi connectivity index (χ1) is 9.65. The van der Waals surface area contributed by atoms with Crippen molar-refractivity contribution in [2.24, 2.45) is 0 Å². The summed E-state index contributed by atoms with van der Waals surface area (Å²) in [6, 6.07) is 8.29. The average Bonchev–Trinajstić information content (AvgIpc) is 2.94. The number of benzene rings is 1. The highest BCUT2D eigenvalue weighted by Gasteiger charge is 2.35. The van der Waals surface area contributed by atoms with Crippen molar-refractivity contribution in [1.82, 2.24) is 4.90 Å². The van der Waals surface area contributed by atoms with Crippen LogP contribution in [-0.4, -0.2) is 40.2 Å². The van der Waals surface area contributed by atoms with Crippen molar-refractivity contribution in [2.45, 2.75) is 23.8 Å². The molecule has 0 saturated carbocycles. The van der Waals surface area contributed by atoms with E-state index in [1.54, 1.807) is 24.3 Å². The highest BCUT2D eigenvalue weighted by atomic mass is 32.2. The number of rotatable bonds is 4. The van der Waals surface area contributed by atoms with Crippen LogP contribution >= 0.6 is 11.8 Å². The summed E-state index contributed by atoms with van der Waals surface area (Å²) in [5.74, 6) is -0.971. The van der Waals surface area contributed by atoms with Gasteiger partial charge >= 0.3 is 5.97 Å². The second-order valence-corrected chi connectivity index (χ2v) is 5.45. The van der Waals surface area contributed by atoms with Gasteiger partial charge in [0.05, 0.1) is 17.4 Å². The van der Waals surface area contributed by atoms with Crippen LogP contribution in [0.2, 0.25) is 0 Å². The zero-order valence-electron chi connectivity index (χ0n) is 10.8. The Labute approximate surface area is 121 Å². The molecule has 1 atom stereocenters. The number of hydrogen-bond acceptors (Lipinski definition) is 4. The normalized spacial score (nSPS) is 17.8. The van der Waals surface area contributed by atoms with Crippen LogP contribution in [0.4, 0.5) is 0 Å². The van der Waals surface area contributed by atoms with Crippen LogP contribution in [0.15, 0.2) is 29.2 Å². The smallest absolute Gasteiger partial charge is 0.326 e. The molecule has 1 aliphatic heterocycles. The van der Waals surface area contributed by atoms with Crippen molar-refractivity contribution in [3.8, 4) is 6.07 Å². The van der Waals surface area contributed by atoms with Gasteiger partial charge in [-0.2, -0.15) is 5.26 Å². The van der Waals surface area contributed by atoms with E-state index >= 15 is 0 Å². The number of likely N-dealkylation sites (tertiary alicyclic amines) is 1. The minimum Gasteiger partial charge on any atom is -0.480 e. The Morgan fingerprint density at radius 3 is 2.90 bits per heavy atom. The first-order valence-corrected chi connectivity index (χ1v) is 7.26. The molecule has 2 rings (SSSR count). The lowest BCUT2D eigenvalue weighted by Crippen LogP contribution is -2.40. The third kappa shape index (κ3) is 2.94. The topological polar surface area (TPSA) is 81.4 Å². The van der Waals surface area contributed by atoms with E-state index in [0.29, 0.717) is 24.9 Å². The zero-order chi connectivity index (χ0) is 14.5. The van der Waals surface area contributed by atoms with Gasteiger partial charge < -0.3 is 10.0 Å². The van der Waals surface area contributed by atoms with E-state index in [1.807, 2.05) is 6.07 Å². The van der Waals surface area contributed by atoms with Crippen molar-refractivity contribution < 1.29 is 14.7 Å². The molecule has 1 aromatic rings. The van der Waals surface area contributed by atoms with Crippen molar-refractivity contribution in [1.29, 1.82) is 5.26 Å². The lowest BCUT2D eigenvalue weighted by Gasteiger charge is -2.22. The molecule has 104 valence electrons. The largest absolute Gasteiger partial charge is 0.480 e. The Morgan fingerprint density at radius 1 is 1.45 bits per heavy atom. The molecule has 5 nitrogen and oxygen atoms in total. The minimum absolute atomic E-state index is 0.257. The maximum absolute atomic E-state index is 12.5. The van der Waals surface area contributed by atoms with Crippen molar-refractivity contribution >= 4 is 23.6 Å². The van der Waals surface area contributed by atoms with E-state index in [9.17, 15) is 9.59 Å². The van der Waals surface area contributed by atoms with Crippen LogP contribution in [0.3, 0.4) is 0 Å². The molecule has 6 heteroatoms. The van der Waals surface area contributed by atoms with Gasteiger partial charge in [-0.05, 0) is 25.0 Å². The van der Waals surface area contributed by atoms with E-state index in [-0.39, 0.29) is 11.7 Å². The van der Waals surface area contributed by atoms with Gasteiger partial charge in [-0.25, -0.2) is 4.79 Å². The summed E-state index contributed by atoms with van der Waals surface area (Å²) >= 11 is 1.29. The third-order valence-electron chi connectivity index (χ3n) is 3.21. The number of carboxylic acid groups (broad SMARTS) is 1. The number of nitrogens with zero attached hydrogens (tertiary/aromatic N) is 2. The molecule has 1 heterocycles. The second-order valence-electron chi connectivity index (χ2n) is 4.44. The summed E-state index contributed by atoms with van der Waals surface area (Å²) < 4.78 is 0. The summed E-state index contributed by atoms with van der Waals surface area (Å²) in [7, 11) is 0. The minimum atomic E-state index is -0.960.